The van der Waals surface area contributed by atoms with Crippen LogP contribution < -0.4 is 0 Å². The van der Waals surface area contributed by atoms with Gasteiger partial charge in [0.25, 0.3) is 0 Å². The topological polar surface area (TPSA) is 73.1 Å². The fourth-order valence-electron chi connectivity index (χ4n) is 1.92. The Bertz CT molecular complexity index is 549. The minimum atomic E-state index is -0.571. The molecule has 0 bridgehead atoms. The zero-order chi connectivity index (χ0) is 13.2. The molecule has 1 aliphatic carbocycles. The Kier molecular flexibility index (Phi) is 3.58. The fraction of sp³-hybridized carbons (Fsp3) is 0.583. The van der Waals surface area contributed by atoms with E-state index in [1.54, 1.807) is 23.1 Å². The number of aliphatic hydroxyl groups excluding tert-OH is 1. The highest BCUT2D eigenvalue weighted by molar-refractivity contribution is 7.13. The summed E-state index contributed by atoms with van der Waals surface area (Å²) in [6.45, 7) is 0.667. The van der Waals surface area contributed by atoms with Crippen LogP contribution in [-0.2, 0) is 11.3 Å². The number of aliphatic hydroxyl groups is 1. The first-order valence-corrected chi connectivity index (χ1v) is 7.17. The first kappa shape index (κ1) is 12.7. The van der Waals surface area contributed by atoms with Crippen LogP contribution in [0.4, 0.5) is 0 Å². The number of aromatic nitrogens is 4. The molecule has 0 unspecified atom stereocenters. The molecule has 0 aliphatic heterocycles. The van der Waals surface area contributed by atoms with E-state index in [4.69, 9.17) is 4.74 Å². The Balaban J connectivity index is 1.69. The summed E-state index contributed by atoms with van der Waals surface area (Å²) < 4.78 is 6.50. The van der Waals surface area contributed by atoms with Gasteiger partial charge >= 0.3 is 0 Å². The molecule has 3 rings (SSSR count). The number of thiazole rings is 1. The van der Waals surface area contributed by atoms with E-state index < -0.39 is 6.10 Å². The molecule has 1 fully saturated rings. The lowest BCUT2D eigenvalue weighted by Gasteiger charge is -2.07. The maximum absolute atomic E-state index is 9.64. The summed E-state index contributed by atoms with van der Waals surface area (Å²) in [5.74, 6) is 0.656. The van der Waals surface area contributed by atoms with Crippen LogP contribution in [0.1, 0.15) is 24.5 Å². The Hall–Kier alpha value is -1.31. The highest BCUT2D eigenvalue weighted by Gasteiger charge is 2.26. The molecule has 7 heteroatoms. The van der Waals surface area contributed by atoms with Crippen molar-refractivity contribution in [2.75, 3.05) is 13.7 Å². The molecule has 2 aromatic heterocycles. The number of hydrogen-bond acceptors (Lipinski definition) is 6. The van der Waals surface area contributed by atoms with Gasteiger partial charge in [0.15, 0.2) is 0 Å². The normalized spacial score (nSPS) is 16.7. The highest BCUT2D eigenvalue weighted by atomic mass is 32.1. The molecule has 0 saturated heterocycles. The van der Waals surface area contributed by atoms with Crippen LogP contribution in [0.2, 0.25) is 0 Å². The largest absolute Gasteiger partial charge is 0.389 e. The summed E-state index contributed by atoms with van der Waals surface area (Å²) in [5.41, 5.74) is 1.94. The van der Waals surface area contributed by atoms with Crippen LogP contribution in [0.25, 0.3) is 10.7 Å². The average Bonchev–Trinajstić information content (AvgIpc) is 2.94. The highest BCUT2D eigenvalue weighted by Crippen LogP contribution is 2.41. The van der Waals surface area contributed by atoms with Crippen molar-refractivity contribution in [1.29, 1.82) is 0 Å². The second-order valence-corrected chi connectivity index (χ2v) is 5.64. The first-order chi connectivity index (χ1) is 9.26. The third-order valence-electron chi connectivity index (χ3n) is 3.03. The van der Waals surface area contributed by atoms with Crippen molar-refractivity contribution in [2.24, 2.45) is 0 Å². The van der Waals surface area contributed by atoms with Crippen molar-refractivity contribution in [2.45, 2.75) is 31.4 Å². The van der Waals surface area contributed by atoms with Crippen molar-refractivity contribution in [3.63, 3.8) is 0 Å². The molecule has 1 atom stereocenters. The summed E-state index contributed by atoms with van der Waals surface area (Å²) >= 11 is 1.60. The van der Waals surface area contributed by atoms with E-state index in [1.807, 2.05) is 6.20 Å². The molecule has 6 nitrogen and oxygen atoms in total. The molecule has 1 saturated carbocycles. The zero-order valence-electron chi connectivity index (χ0n) is 10.7. The van der Waals surface area contributed by atoms with Gasteiger partial charge in [0.05, 0.1) is 31.1 Å². The lowest BCUT2D eigenvalue weighted by molar-refractivity contribution is 0.0510. The van der Waals surface area contributed by atoms with Gasteiger partial charge in [-0.3, -0.25) is 0 Å². The first-order valence-electron chi connectivity index (χ1n) is 6.29. The molecule has 2 aromatic rings. The van der Waals surface area contributed by atoms with E-state index in [0.717, 1.165) is 10.7 Å². The Morgan fingerprint density at radius 1 is 1.58 bits per heavy atom. The quantitative estimate of drug-likeness (QED) is 0.863. The van der Waals surface area contributed by atoms with Gasteiger partial charge in [0.2, 0.25) is 0 Å². The lowest BCUT2D eigenvalue weighted by Crippen LogP contribution is -2.21. The minimum absolute atomic E-state index is 0.290. The van der Waals surface area contributed by atoms with E-state index in [2.05, 4.69) is 20.7 Å². The average molecular weight is 280 g/mol. The SMILES string of the molecule is COC[C@H](O)Cn1cc(-c2nc(C3CC3)cs2)nn1. The standard InChI is InChI=1S/C12H16N4O2S/c1-18-6-9(17)4-16-5-10(14-15-16)12-13-11(7-19-12)8-2-3-8/h5,7-9,17H,2-4,6H2,1H3/t9-/m1/s1. The minimum Gasteiger partial charge on any atom is -0.389 e. The van der Waals surface area contributed by atoms with E-state index in [0.29, 0.717) is 12.5 Å². The molecule has 1 N–H and O–H groups in total. The Morgan fingerprint density at radius 2 is 2.42 bits per heavy atom. The molecular weight excluding hydrogens is 264 g/mol. The van der Waals surface area contributed by atoms with Crippen molar-refractivity contribution < 1.29 is 9.84 Å². The lowest BCUT2D eigenvalue weighted by atomic mass is 10.3. The number of nitrogens with zero attached hydrogens (tertiary/aromatic N) is 4. The summed E-state index contributed by atoms with van der Waals surface area (Å²) in [6, 6.07) is 0. The van der Waals surface area contributed by atoms with Crippen molar-refractivity contribution in [1.82, 2.24) is 20.0 Å². The molecule has 19 heavy (non-hydrogen) atoms. The van der Waals surface area contributed by atoms with Gasteiger partial charge < -0.3 is 9.84 Å². The van der Waals surface area contributed by atoms with Crippen molar-refractivity contribution >= 4 is 11.3 Å². The van der Waals surface area contributed by atoms with Crippen LogP contribution in [0, 0.1) is 0 Å². The van der Waals surface area contributed by atoms with Gasteiger partial charge in [-0.15, -0.1) is 16.4 Å². The van der Waals surface area contributed by atoms with E-state index in [-0.39, 0.29) is 6.61 Å². The van der Waals surface area contributed by atoms with Crippen molar-refractivity contribution in [3.8, 4) is 10.7 Å². The molecule has 102 valence electrons. The monoisotopic (exact) mass is 280 g/mol. The molecule has 0 radical (unpaired) electrons. The number of hydrogen-bond donors (Lipinski definition) is 1. The molecule has 0 amide bonds. The summed E-state index contributed by atoms with van der Waals surface area (Å²) in [5, 5.41) is 20.7. The predicted molar refractivity (Wildman–Crippen MR) is 71.0 cm³/mol. The Morgan fingerprint density at radius 3 is 3.16 bits per heavy atom. The molecular formula is C12H16N4O2S. The second-order valence-electron chi connectivity index (χ2n) is 4.79. The second kappa shape index (κ2) is 5.36. The summed E-state index contributed by atoms with van der Waals surface area (Å²) in [7, 11) is 1.56. The van der Waals surface area contributed by atoms with Crippen LogP contribution >= 0.6 is 11.3 Å². The molecule has 1 aliphatic rings. The number of methoxy groups -OCH3 is 1. The molecule has 2 heterocycles. The van der Waals surface area contributed by atoms with E-state index in [9.17, 15) is 5.11 Å². The predicted octanol–water partition coefficient (Wildman–Crippen LogP) is 1.29. The summed E-state index contributed by atoms with van der Waals surface area (Å²) in [4.78, 5) is 4.59. The summed E-state index contributed by atoms with van der Waals surface area (Å²) in [6.07, 6.45) is 3.74. The molecule has 0 aromatic carbocycles. The maximum Gasteiger partial charge on any atom is 0.145 e. The van der Waals surface area contributed by atoms with Crippen molar-refractivity contribution in [3.05, 3.63) is 17.3 Å². The van der Waals surface area contributed by atoms with Gasteiger partial charge in [0, 0.05) is 18.4 Å². The van der Waals surface area contributed by atoms with Gasteiger partial charge in [-0.2, -0.15) is 0 Å². The van der Waals surface area contributed by atoms with Gasteiger partial charge in [0.1, 0.15) is 10.7 Å². The fourth-order valence-corrected chi connectivity index (χ4v) is 2.77. The van der Waals surface area contributed by atoms with Gasteiger partial charge in [-0.1, -0.05) is 5.21 Å². The van der Waals surface area contributed by atoms with Crippen LogP contribution in [0.3, 0.4) is 0 Å². The van der Waals surface area contributed by atoms with Crippen LogP contribution in [0.5, 0.6) is 0 Å². The third kappa shape index (κ3) is 2.99. The molecule has 0 spiro atoms. The number of rotatable bonds is 6. The third-order valence-corrected chi connectivity index (χ3v) is 3.92. The van der Waals surface area contributed by atoms with Gasteiger partial charge in [-0.25, -0.2) is 9.67 Å². The smallest absolute Gasteiger partial charge is 0.145 e. The zero-order valence-corrected chi connectivity index (χ0v) is 11.5. The van der Waals surface area contributed by atoms with Crippen LogP contribution in [-0.4, -0.2) is 44.9 Å². The van der Waals surface area contributed by atoms with Gasteiger partial charge in [-0.05, 0) is 12.8 Å². The van der Waals surface area contributed by atoms with Crippen LogP contribution in [0.15, 0.2) is 11.6 Å². The number of ether oxygens (including phenoxy) is 1. The maximum atomic E-state index is 9.64. The van der Waals surface area contributed by atoms with E-state index >= 15 is 0 Å². The Labute approximate surface area is 115 Å². The van der Waals surface area contributed by atoms with E-state index in [1.165, 1.54) is 18.5 Å².